The summed E-state index contributed by atoms with van der Waals surface area (Å²) in [6.45, 7) is 4.01. The number of aliphatic hydroxyl groups excluding tert-OH is 1. The summed E-state index contributed by atoms with van der Waals surface area (Å²) in [6, 6.07) is 19.5. The molecule has 3 aromatic rings. The minimum atomic E-state index is -1.08. The van der Waals surface area contributed by atoms with Crippen LogP contribution in [0.4, 0.5) is 9.59 Å². The van der Waals surface area contributed by atoms with E-state index in [-0.39, 0.29) is 18.9 Å². The molecule has 1 aromatic heterocycles. The number of carbonyl (C=O) groups excluding carboxylic acids is 3. The summed E-state index contributed by atoms with van der Waals surface area (Å²) in [5, 5.41) is 19.5. The highest BCUT2D eigenvalue weighted by molar-refractivity contribution is 5.78. The number of alkyl carbamates (subject to hydrolysis) is 1. The summed E-state index contributed by atoms with van der Waals surface area (Å²) < 4.78 is 10.9. The monoisotopic (exact) mass is 535 g/mol. The minimum absolute atomic E-state index is 0.0351. The highest BCUT2D eigenvalue weighted by Crippen LogP contribution is 2.22. The second-order valence-electron chi connectivity index (χ2n) is 9.86. The normalized spacial score (nSPS) is 14.1. The largest absolute Gasteiger partial charge is 0.467 e. The van der Waals surface area contributed by atoms with E-state index >= 15 is 0 Å². The molecule has 208 valence electrons. The van der Waals surface area contributed by atoms with Crippen molar-refractivity contribution in [3.8, 4) is 0 Å². The molecule has 4 atom stereocenters. The Labute approximate surface area is 228 Å². The Hall–Kier alpha value is -4.11. The van der Waals surface area contributed by atoms with Crippen LogP contribution in [0.2, 0.25) is 0 Å². The van der Waals surface area contributed by atoms with Crippen molar-refractivity contribution in [3.05, 3.63) is 95.9 Å². The Bertz CT molecular complexity index is 1140. The molecule has 1 heterocycles. The first-order valence-corrected chi connectivity index (χ1v) is 13.1. The van der Waals surface area contributed by atoms with Gasteiger partial charge in [0.1, 0.15) is 18.7 Å². The number of aldehydes is 1. The minimum Gasteiger partial charge on any atom is -0.467 e. The van der Waals surface area contributed by atoms with Gasteiger partial charge >= 0.3 is 12.1 Å². The molecule has 0 bridgehead atoms. The maximum atomic E-state index is 12.7. The van der Waals surface area contributed by atoms with Crippen LogP contribution in [0.25, 0.3) is 0 Å². The Morgan fingerprint density at radius 2 is 1.56 bits per heavy atom. The number of hydrogen-bond donors (Lipinski definition) is 4. The van der Waals surface area contributed by atoms with Crippen molar-refractivity contribution in [2.75, 3.05) is 0 Å². The van der Waals surface area contributed by atoms with Crippen molar-refractivity contribution in [2.45, 2.75) is 63.9 Å². The lowest BCUT2D eigenvalue weighted by Crippen LogP contribution is -2.48. The number of benzene rings is 2. The van der Waals surface area contributed by atoms with Gasteiger partial charge in [-0.05, 0) is 42.0 Å². The van der Waals surface area contributed by atoms with E-state index in [9.17, 15) is 19.5 Å². The van der Waals surface area contributed by atoms with Crippen molar-refractivity contribution in [1.29, 1.82) is 0 Å². The standard InChI is InChI=1S/C30H37N3O6/c1-21(2)16-24(19-34)31-29(36)32-26(28-14-9-15-38-28)18-27(35)25(17-22-10-5-3-6-11-22)33-30(37)39-20-23-12-7-4-8-13-23/h3-15,19,21,24-27,35H,16-18,20H2,1-2H3,(H,33,37)(H2,31,32,36)/t24-,25?,26?,27?/m0/s1. The molecule has 0 aliphatic carbocycles. The number of ether oxygens (including phenoxy) is 1. The quantitative estimate of drug-likeness (QED) is 0.225. The van der Waals surface area contributed by atoms with Gasteiger partial charge in [-0.2, -0.15) is 0 Å². The second kappa shape index (κ2) is 15.3. The van der Waals surface area contributed by atoms with Crippen LogP contribution in [-0.4, -0.2) is 41.7 Å². The molecular weight excluding hydrogens is 498 g/mol. The van der Waals surface area contributed by atoms with E-state index in [2.05, 4.69) is 16.0 Å². The average molecular weight is 536 g/mol. The Balaban J connectivity index is 1.70. The van der Waals surface area contributed by atoms with Gasteiger partial charge in [0.15, 0.2) is 0 Å². The zero-order chi connectivity index (χ0) is 28.0. The molecule has 2 aromatic carbocycles. The fraction of sp³-hybridized carbons (Fsp3) is 0.367. The van der Waals surface area contributed by atoms with Crippen molar-refractivity contribution < 1.29 is 28.6 Å². The maximum absolute atomic E-state index is 12.7. The molecule has 0 aliphatic rings. The van der Waals surface area contributed by atoms with E-state index in [1.807, 2.05) is 74.5 Å². The zero-order valence-corrected chi connectivity index (χ0v) is 22.3. The summed E-state index contributed by atoms with van der Waals surface area (Å²) in [5.74, 6) is 0.649. The number of carbonyl (C=O) groups is 3. The molecule has 3 amide bonds. The lowest BCUT2D eigenvalue weighted by molar-refractivity contribution is -0.109. The van der Waals surface area contributed by atoms with E-state index in [1.165, 1.54) is 6.26 Å². The summed E-state index contributed by atoms with van der Waals surface area (Å²) >= 11 is 0. The molecule has 0 fully saturated rings. The average Bonchev–Trinajstić information content (AvgIpc) is 3.47. The van der Waals surface area contributed by atoms with Gasteiger partial charge in [-0.3, -0.25) is 0 Å². The molecule has 0 saturated carbocycles. The second-order valence-corrected chi connectivity index (χ2v) is 9.86. The number of furan rings is 1. The number of hydrogen-bond acceptors (Lipinski definition) is 6. The molecule has 0 aliphatic heterocycles. The van der Waals surface area contributed by atoms with Crippen LogP contribution in [-0.2, 0) is 22.6 Å². The van der Waals surface area contributed by atoms with Crippen molar-refractivity contribution in [3.63, 3.8) is 0 Å². The van der Waals surface area contributed by atoms with Crippen LogP contribution in [0, 0.1) is 5.92 Å². The third-order valence-corrected chi connectivity index (χ3v) is 6.15. The lowest BCUT2D eigenvalue weighted by Gasteiger charge is -2.28. The molecule has 9 heteroatoms. The fourth-order valence-electron chi connectivity index (χ4n) is 4.23. The fourth-order valence-corrected chi connectivity index (χ4v) is 4.23. The maximum Gasteiger partial charge on any atom is 0.407 e. The third-order valence-electron chi connectivity index (χ3n) is 6.15. The number of urea groups is 1. The summed E-state index contributed by atoms with van der Waals surface area (Å²) in [5.41, 5.74) is 1.75. The van der Waals surface area contributed by atoms with Crippen molar-refractivity contribution in [2.24, 2.45) is 5.92 Å². The summed E-state index contributed by atoms with van der Waals surface area (Å²) in [6.07, 6.45) is 1.30. The van der Waals surface area contributed by atoms with Gasteiger partial charge in [0.25, 0.3) is 0 Å². The van der Waals surface area contributed by atoms with E-state index in [4.69, 9.17) is 9.15 Å². The Morgan fingerprint density at radius 1 is 0.897 bits per heavy atom. The predicted octanol–water partition coefficient (Wildman–Crippen LogP) is 4.52. The van der Waals surface area contributed by atoms with Crippen molar-refractivity contribution >= 4 is 18.4 Å². The molecule has 0 saturated heterocycles. The highest BCUT2D eigenvalue weighted by atomic mass is 16.5. The van der Waals surface area contributed by atoms with Crippen molar-refractivity contribution in [1.82, 2.24) is 16.0 Å². The predicted molar refractivity (Wildman–Crippen MR) is 147 cm³/mol. The summed E-state index contributed by atoms with van der Waals surface area (Å²) in [7, 11) is 0. The number of aliphatic hydroxyl groups is 1. The van der Waals surface area contributed by atoms with Gasteiger partial charge < -0.3 is 35.0 Å². The first-order valence-electron chi connectivity index (χ1n) is 13.1. The molecule has 39 heavy (non-hydrogen) atoms. The van der Waals surface area contributed by atoms with Crippen LogP contribution in [0.3, 0.4) is 0 Å². The van der Waals surface area contributed by atoms with Crippen LogP contribution in [0.5, 0.6) is 0 Å². The Morgan fingerprint density at radius 3 is 2.15 bits per heavy atom. The van der Waals surface area contributed by atoms with E-state index in [0.29, 0.717) is 24.9 Å². The van der Waals surface area contributed by atoms with Gasteiger partial charge in [-0.15, -0.1) is 0 Å². The number of rotatable bonds is 14. The topological polar surface area (TPSA) is 130 Å². The molecule has 4 N–H and O–H groups in total. The molecule has 3 rings (SSSR count). The van der Waals surface area contributed by atoms with Gasteiger partial charge in [-0.1, -0.05) is 74.5 Å². The van der Waals surface area contributed by atoms with Gasteiger partial charge in [0, 0.05) is 6.42 Å². The van der Waals surface area contributed by atoms with E-state index in [1.54, 1.807) is 12.1 Å². The Kier molecular flexibility index (Phi) is 11.6. The first kappa shape index (κ1) is 29.4. The van der Waals surface area contributed by atoms with Gasteiger partial charge in [0.2, 0.25) is 0 Å². The molecule has 9 nitrogen and oxygen atoms in total. The zero-order valence-electron chi connectivity index (χ0n) is 22.3. The molecule has 0 spiro atoms. The first-order chi connectivity index (χ1) is 18.8. The molecule has 0 radical (unpaired) electrons. The highest BCUT2D eigenvalue weighted by Gasteiger charge is 2.29. The number of nitrogens with one attached hydrogen (secondary N) is 3. The summed E-state index contributed by atoms with van der Waals surface area (Å²) in [4.78, 5) is 36.9. The van der Waals surface area contributed by atoms with Crippen LogP contribution >= 0.6 is 0 Å². The van der Waals surface area contributed by atoms with Crippen LogP contribution in [0.1, 0.15) is 49.6 Å². The third kappa shape index (κ3) is 10.3. The van der Waals surface area contributed by atoms with Crippen LogP contribution < -0.4 is 16.0 Å². The van der Waals surface area contributed by atoms with Gasteiger partial charge in [0.05, 0.1) is 30.5 Å². The smallest absolute Gasteiger partial charge is 0.407 e. The number of amides is 3. The lowest BCUT2D eigenvalue weighted by atomic mass is 9.95. The van der Waals surface area contributed by atoms with E-state index in [0.717, 1.165) is 11.1 Å². The molecular formula is C30H37N3O6. The van der Waals surface area contributed by atoms with Gasteiger partial charge in [-0.25, -0.2) is 9.59 Å². The molecule has 3 unspecified atom stereocenters. The SMILES string of the molecule is CC(C)C[C@@H](C=O)NC(=O)NC(CC(O)C(Cc1ccccc1)NC(=O)OCc1ccccc1)c1ccco1. The van der Waals surface area contributed by atoms with Crippen LogP contribution in [0.15, 0.2) is 83.5 Å². The van der Waals surface area contributed by atoms with E-state index < -0.39 is 36.4 Å².